The van der Waals surface area contributed by atoms with E-state index in [4.69, 9.17) is 9.47 Å². The van der Waals surface area contributed by atoms with Crippen molar-refractivity contribution in [1.29, 1.82) is 0 Å². The van der Waals surface area contributed by atoms with Gasteiger partial charge >= 0.3 is 0 Å². The topological polar surface area (TPSA) is 50.7 Å². The summed E-state index contributed by atoms with van der Waals surface area (Å²) in [5.41, 5.74) is 0.346. The number of nitrogens with one attached hydrogen (secondary N) is 1. The van der Waals surface area contributed by atoms with E-state index in [0.29, 0.717) is 6.61 Å². The van der Waals surface area contributed by atoms with Crippen LogP contribution in [0.4, 0.5) is 0 Å². The molecule has 1 aliphatic rings. The predicted molar refractivity (Wildman–Crippen MR) is 70.1 cm³/mol. The Balaban J connectivity index is 2.05. The standard InChI is InChI=1S/C14H21NO3/c1-4-15-12-8-17-13-7-10(5-6-11(12)13)18-9-14(2,3)16/h5-7,12,15-16H,4,8-9H2,1-3H3. The van der Waals surface area contributed by atoms with Gasteiger partial charge in [-0.1, -0.05) is 6.92 Å². The largest absolute Gasteiger partial charge is 0.491 e. The molecular formula is C14H21NO3. The molecule has 0 aromatic heterocycles. The Labute approximate surface area is 108 Å². The molecule has 4 nitrogen and oxygen atoms in total. The van der Waals surface area contributed by atoms with Gasteiger partial charge in [0.2, 0.25) is 0 Å². The average Bonchev–Trinajstić information content (AvgIpc) is 2.69. The summed E-state index contributed by atoms with van der Waals surface area (Å²) >= 11 is 0. The first-order valence-corrected chi connectivity index (χ1v) is 6.35. The van der Waals surface area contributed by atoms with Gasteiger partial charge in [-0.25, -0.2) is 0 Å². The lowest BCUT2D eigenvalue weighted by Crippen LogP contribution is -2.27. The van der Waals surface area contributed by atoms with Gasteiger partial charge in [-0.2, -0.15) is 0 Å². The van der Waals surface area contributed by atoms with Gasteiger partial charge in [0.25, 0.3) is 0 Å². The van der Waals surface area contributed by atoms with E-state index in [1.54, 1.807) is 13.8 Å². The van der Waals surface area contributed by atoms with Crippen molar-refractivity contribution in [3.8, 4) is 11.5 Å². The SMILES string of the molecule is CCNC1COc2cc(OCC(C)(C)O)ccc21. The Morgan fingerprint density at radius 1 is 1.50 bits per heavy atom. The first kappa shape index (κ1) is 13.2. The number of fused-ring (bicyclic) bond motifs is 1. The summed E-state index contributed by atoms with van der Waals surface area (Å²) < 4.78 is 11.2. The quantitative estimate of drug-likeness (QED) is 0.839. The van der Waals surface area contributed by atoms with E-state index in [9.17, 15) is 5.11 Å². The molecule has 1 heterocycles. The van der Waals surface area contributed by atoms with Crippen molar-refractivity contribution in [3.63, 3.8) is 0 Å². The fourth-order valence-corrected chi connectivity index (χ4v) is 1.96. The maximum atomic E-state index is 9.62. The lowest BCUT2D eigenvalue weighted by atomic mass is 10.1. The molecule has 1 atom stereocenters. The molecule has 0 radical (unpaired) electrons. The van der Waals surface area contributed by atoms with E-state index in [0.717, 1.165) is 18.0 Å². The van der Waals surface area contributed by atoms with Crippen LogP contribution in [0.1, 0.15) is 32.4 Å². The highest BCUT2D eigenvalue weighted by molar-refractivity contribution is 5.45. The van der Waals surface area contributed by atoms with Crippen molar-refractivity contribution >= 4 is 0 Å². The lowest BCUT2D eigenvalue weighted by molar-refractivity contribution is 0.0284. The first-order chi connectivity index (χ1) is 8.49. The zero-order valence-electron chi connectivity index (χ0n) is 11.2. The van der Waals surface area contributed by atoms with Crippen LogP contribution in [-0.4, -0.2) is 30.5 Å². The van der Waals surface area contributed by atoms with Crippen LogP contribution in [0.25, 0.3) is 0 Å². The van der Waals surface area contributed by atoms with Crippen LogP contribution in [0.3, 0.4) is 0 Å². The summed E-state index contributed by atoms with van der Waals surface area (Å²) in [7, 11) is 0. The minimum Gasteiger partial charge on any atom is -0.491 e. The van der Waals surface area contributed by atoms with Gasteiger partial charge in [-0.3, -0.25) is 0 Å². The molecule has 0 fully saturated rings. The van der Waals surface area contributed by atoms with Crippen LogP contribution >= 0.6 is 0 Å². The fraction of sp³-hybridized carbons (Fsp3) is 0.571. The van der Waals surface area contributed by atoms with Crippen LogP contribution in [0.15, 0.2) is 18.2 Å². The maximum Gasteiger partial charge on any atom is 0.127 e. The molecule has 0 spiro atoms. The molecule has 2 rings (SSSR count). The average molecular weight is 251 g/mol. The molecule has 1 aromatic rings. The number of aliphatic hydroxyl groups is 1. The molecule has 100 valence electrons. The van der Waals surface area contributed by atoms with Gasteiger partial charge in [-0.05, 0) is 32.5 Å². The summed E-state index contributed by atoms with van der Waals surface area (Å²) in [6, 6.07) is 6.10. The third kappa shape index (κ3) is 3.15. The number of hydrogen-bond donors (Lipinski definition) is 2. The highest BCUT2D eigenvalue weighted by Gasteiger charge is 2.23. The molecule has 18 heavy (non-hydrogen) atoms. The number of hydrogen-bond acceptors (Lipinski definition) is 4. The summed E-state index contributed by atoms with van der Waals surface area (Å²) in [5, 5.41) is 13.0. The zero-order chi connectivity index (χ0) is 13.2. The van der Waals surface area contributed by atoms with E-state index in [2.05, 4.69) is 12.2 Å². The number of likely N-dealkylation sites (N-methyl/N-ethyl adjacent to an activating group) is 1. The summed E-state index contributed by atoms with van der Waals surface area (Å²) in [6.07, 6.45) is 0. The molecule has 0 bridgehead atoms. The Hall–Kier alpha value is -1.26. The van der Waals surface area contributed by atoms with E-state index >= 15 is 0 Å². The Bertz CT molecular complexity index is 412. The first-order valence-electron chi connectivity index (χ1n) is 6.35. The molecule has 0 saturated heterocycles. The van der Waals surface area contributed by atoms with Crippen molar-refractivity contribution in [1.82, 2.24) is 5.32 Å². The van der Waals surface area contributed by atoms with Crippen molar-refractivity contribution in [3.05, 3.63) is 23.8 Å². The Morgan fingerprint density at radius 3 is 2.94 bits per heavy atom. The fourth-order valence-electron chi connectivity index (χ4n) is 1.96. The van der Waals surface area contributed by atoms with Crippen molar-refractivity contribution in [2.75, 3.05) is 19.8 Å². The van der Waals surface area contributed by atoms with E-state index in [1.807, 2.05) is 18.2 Å². The van der Waals surface area contributed by atoms with E-state index < -0.39 is 5.60 Å². The van der Waals surface area contributed by atoms with Crippen LogP contribution in [-0.2, 0) is 0 Å². The molecule has 0 saturated carbocycles. The Morgan fingerprint density at radius 2 is 2.28 bits per heavy atom. The Kier molecular flexibility index (Phi) is 3.78. The second-order valence-corrected chi connectivity index (χ2v) is 5.22. The second-order valence-electron chi connectivity index (χ2n) is 5.22. The number of rotatable bonds is 5. The third-order valence-electron chi connectivity index (χ3n) is 2.81. The lowest BCUT2D eigenvalue weighted by Gasteiger charge is -2.18. The third-order valence-corrected chi connectivity index (χ3v) is 2.81. The molecule has 1 aliphatic heterocycles. The molecule has 0 amide bonds. The normalized spacial score (nSPS) is 18.3. The zero-order valence-corrected chi connectivity index (χ0v) is 11.2. The highest BCUT2D eigenvalue weighted by atomic mass is 16.5. The highest BCUT2D eigenvalue weighted by Crippen LogP contribution is 2.35. The van der Waals surface area contributed by atoms with Gasteiger partial charge in [0, 0.05) is 11.6 Å². The van der Waals surface area contributed by atoms with Crippen LogP contribution in [0, 0.1) is 0 Å². The molecule has 1 aromatic carbocycles. The van der Waals surface area contributed by atoms with Gasteiger partial charge in [-0.15, -0.1) is 0 Å². The second kappa shape index (κ2) is 5.16. The molecule has 4 heteroatoms. The number of benzene rings is 1. The number of ether oxygens (including phenoxy) is 2. The minimum atomic E-state index is -0.827. The molecule has 0 aliphatic carbocycles. The van der Waals surface area contributed by atoms with E-state index in [1.165, 1.54) is 5.56 Å². The van der Waals surface area contributed by atoms with Crippen molar-refractivity contribution in [2.45, 2.75) is 32.4 Å². The van der Waals surface area contributed by atoms with Crippen LogP contribution in [0.2, 0.25) is 0 Å². The summed E-state index contributed by atoms with van der Waals surface area (Å²) in [6.45, 7) is 7.37. The smallest absolute Gasteiger partial charge is 0.127 e. The van der Waals surface area contributed by atoms with Gasteiger partial charge < -0.3 is 19.9 Å². The maximum absolute atomic E-state index is 9.62. The van der Waals surface area contributed by atoms with Gasteiger partial charge in [0.15, 0.2) is 0 Å². The van der Waals surface area contributed by atoms with Gasteiger partial charge in [0.1, 0.15) is 24.7 Å². The van der Waals surface area contributed by atoms with Crippen molar-refractivity contribution in [2.24, 2.45) is 0 Å². The predicted octanol–water partition coefficient (Wildman–Crippen LogP) is 1.88. The van der Waals surface area contributed by atoms with E-state index in [-0.39, 0.29) is 12.6 Å². The monoisotopic (exact) mass is 251 g/mol. The molecular weight excluding hydrogens is 230 g/mol. The minimum absolute atomic E-state index is 0.266. The van der Waals surface area contributed by atoms with Gasteiger partial charge in [0.05, 0.1) is 11.6 Å². The molecule has 2 N–H and O–H groups in total. The van der Waals surface area contributed by atoms with Crippen molar-refractivity contribution < 1.29 is 14.6 Å². The van der Waals surface area contributed by atoms with Crippen LogP contribution < -0.4 is 14.8 Å². The summed E-state index contributed by atoms with van der Waals surface area (Å²) in [5.74, 6) is 1.60. The molecule has 1 unspecified atom stereocenters. The van der Waals surface area contributed by atoms with Crippen LogP contribution in [0.5, 0.6) is 11.5 Å². The summed E-state index contributed by atoms with van der Waals surface area (Å²) in [4.78, 5) is 0.